The molecule has 3 N–H and O–H groups in total. The molecule has 0 amide bonds. The third-order valence-electron chi connectivity index (χ3n) is 3.45. The number of hydrogen-bond donors (Lipinski definition) is 3. The van der Waals surface area contributed by atoms with Gasteiger partial charge in [0.05, 0.1) is 6.10 Å². The van der Waals surface area contributed by atoms with E-state index in [9.17, 15) is 5.11 Å². The molecule has 1 saturated heterocycles. The fraction of sp³-hybridized carbons (Fsp3) is 0.571. The van der Waals surface area contributed by atoms with E-state index in [0.29, 0.717) is 0 Å². The summed E-state index contributed by atoms with van der Waals surface area (Å²) in [5, 5.41) is 16.5. The van der Waals surface area contributed by atoms with E-state index < -0.39 is 6.10 Å². The molecule has 0 aromatic heterocycles. The van der Waals surface area contributed by atoms with Gasteiger partial charge in [0, 0.05) is 17.8 Å². The first-order chi connectivity index (χ1) is 8.27. The van der Waals surface area contributed by atoms with E-state index in [4.69, 9.17) is 0 Å². The van der Waals surface area contributed by atoms with Gasteiger partial charge < -0.3 is 15.7 Å². The SMILES string of the molecule is CC(O)c1ccccc1NCC1CCNCC1. The van der Waals surface area contributed by atoms with Gasteiger partial charge in [0.15, 0.2) is 0 Å². The number of benzene rings is 1. The lowest BCUT2D eigenvalue weighted by Crippen LogP contribution is -2.31. The Morgan fingerprint density at radius 1 is 1.35 bits per heavy atom. The lowest BCUT2D eigenvalue weighted by atomic mass is 9.98. The van der Waals surface area contributed by atoms with Crippen molar-refractivity contribution in [2.24, 2.45) is 5.92 Å². The highest BCUT2D eigenvalue weighted by atomic mass is 16.3. The van der Waals surface area contributed by atoms with Crippen LogP contribution in [-0.4, -0.2) is 24.7 Å². The van der Waals surface area contributed by atoms with Gasteiger partial charge in [0.1, 0.15) is 0 Å². The van der Waals surface area contributed by atoms with E-state index in [1.54, 1.807) is 0 Å². The lowest BCUT2D eigenvalue weighted by molar-refractivity contribution is 0.200. The van der Waals surface area contributed by atoms with Crippen molar-refractivity contribution in [2.75, 3.05) is 25.0 Å². The van der Waals surface area contributed by atoms with Crippen LogP contribution in [0.1, 0.15) is 31.4 Å². The number of hydrogen-bond acceptors (Lipinski definition) is 3. The number of para-hydroxylation sites is 1. The van der Waals surface area contributed by atoms with Crippen LogP contribution in [0.4, 0.5) is 5.69 Å². The van der Waals surface area contributed by atoms with Gasteiger partial charge >= 0.3 is 0 Å². The molecule has 1 aliphatic rings. The Morgan fingerprint density at radius 2 is 2.06 bits per heavy atom. The minimum atomic E-state index is -0.410. The van der Waals surface area contributed by atoms with Gasteiger partial charge in [-0.05, 0) is 44.8 Å². The molecule has 1 aromatic rings. The second kappa shape index (κ2) is 6.03. The maximum Gasteiger partial charge on any atom is 0.0781 e. The molecule has 17 heavy (non-hydrogen) atoms. The largest absolute Gasteiger partial charge is 0.389 e. The average molecular weight is 234 g/mol. The molecule has 1 fully saturated rings. The van der Waals surface area contributed by atoms with Crippen LogP contribution in [0.2, 0.25) is 0 Å². The quantitative estimate of drug-likeness (QED) is 0.748. The molecule has 1 aromatic carbocycles. The van der Waals surface area contributed by atoms with Crippen molar-refractivity contribution >= 4 is 5.69 Å². The first kappa shape index (κ1) is 12.4. The normalized spacial score (nSPS) is 18.9. The van der Waals surface area contributed by atoms with Crippen molar-refractivity contribution in [1.82, 2.24) is 5.32 Å². The summed E-state index contributed by atoms with van der Waals surface area (Å²) >= 11 is 0. The standard InChI is InChI=1S/C14H22N2O/c1-11(17)13-4-2-3-5-14(13)16-10-12-6-8-15-9-7-12/h2-5,11-12,15-17H,6-10H2,1H3. The third kappa shape index (κ3) is 3.45. The first-order valence-corrected chi connectivity index (χ1v) is 6.49. The van der Waals surface area contributed by atoms with Crippen LogP contribution in [-0.2, 0) is 0 Å². The number of piperidine rings is 1. The van der Waals surface area contributed by atoms with E-state index in [0.717, 1.165) is 36.8 Å². The summed E-state index contributed by atoms with van der Waals surface area (Å²) in [5.41, 5.74) is 2.06. The molecular weight excluding hydrogens is 212 g/mol. The molecule has 1 heterocycles. The number of nitrogens with one attached hydrogen (secondary N) is 2. The molecule has 3 heteroatoms. The second-order valence-electron chi connectivity index (χ2n) is 4.84. The van der Waals surface area contributed by atoms with Crippen molar-refractivity contribution in [2.45, 2.75) is 25.9 Å². The number of aliphatic hydroxyl groups excluding tert-OH is 1. The highest BCUT2D eigenvalue weighted by Gasteiger charge is 2.13. The molecule has 1 unspecified atom stereocenters. The second-order valence-corrected chi connectivity index (χ2v) is 4.84. The maximum atomic E-state index is 9.69. The van der Waals surface area contributed by atoms with E-state index in [-0.39, 0.29) is 0 Å². The van der Waals surface area contributed by atoms with E-state index >= 15 is 0 Å². The van der Waals surface area contributed by atoms with Crippen molar-refractivity contribution in [3.8, 4) is 0 Å². The van der Waals surface area contributed by atoms with E-state index in [1.165, 1.54) is 12.8 Å². The summed E-state index contributed by atoms with van der Waals surface area (Å²) in [6, 6.07) is 8.01. The van der Waals surface area contributed by atoms with Crippen LogP contribution in [0.3, 0.4) is 0 Å². The van der Waals surface area contributed by atoms with Crippen molar-refractivity contribution in [3.05, 3.63) is 29.8 Å². The fourth-order valence-corrected chi connectivity index (χ4v) is 2.36. The smallest absolute Gasteiger partial charge is 0.0781 e. The predicted molar refractivity (Wildman–Crippen MR) is 71.2 cm³/mol. The van der Waals surface area contributed by atoms with E-state index in [2.05, 4.69) is 10.6 Å². The Hall–Kier alpha value is -1.06. The van der Waals surface area contributed by atoms with Gasteiger partial charge in [0.25, 0.3) is 0 Å². The maximum absolute atomic E-state index is 9.69. The Bertz CT molecular complexity index is 346. The Labute approximate surface area is 103 Å². The van der Waals surface area contributed by atoms with Gasteiger partial charge in [-0.3, -0.25) is 0 Å². The molecule has 3 nitrogen and oxygen atoms in total. The van der Waals surface area contributed by atoms with Gasteiger partial charge in [0.2, 0.25) is 0 Å². The monoisotopic (exact) mass is 234 g/mol. The molecule has 0 radical (unpaired) electrons. The first-order valence-electron chi connectivity index (χ1n) is 6.49. The van der Waals surface area contributed by atoms with Gasteiger partial charge in [-0.2, -0.15) is 0 Å². The molecule has 0 aliphatic carbocycles. The summed E-state index contributed by atoms with van der Waals surface area (Å²) in [5.74, 6) is 0.748. The molecule has 0 spiro atoms. The molecule has 94 valence electrons. The van der Waals surface area contributed by atoms with Gasteiger partial charge in [-0.15, -0.1) is 0 Å². The zero-order chi connectivity index (χ0) is 12.1. The molecule has 1 aliphatic heterocycles. The zero-order valence-corrected chi connectivity index (χ0v) is 10.4. The highest BCUT2D eigenvalue weighted by Crippen LogP contribution is 2.23. The topological polar surface area (TPSA) is 44.3 Å². The highest BCUT2D eigenvalue weighted by molar-refractivity contribution is 5.52. The number of aliphatic hydroxyl groups is 1. The average Bonchev–Trinajstić information content (AvgIpc) is 2.38. The van der Waals surface area contributed by atoms with Crippen LogP contribution < -0.4 is 10.6 Å². The lowest BCUT2D eigenvalue weighted by Gasteiger charge is -2.24. The van der Waals surface area contributed by atoms with Crippen molar-refractivity contribution < 1.29 is 5.11 Å². The minimum Gasteiger partial charge on any atom is -0.389 e. The Balaban J connectivity index is 1.93. The summed E-state index contributed by atoms with van der Waals surface area (Å²) in [4.78, 5) is 0. The van der Waals surface area contributed by atoms with Crippen LogP contribution >= 0.6 is 0 Å². The number of rotatable bonds is 4. The molecule has 0 bridgehead atoms. The van der Waals surface area contributed by atoms with E-state index in [1.807, 2.05) is 31.2 Å². The van der Waals surface area contributed by atoms with Gasteiger partial charge in [-0.25, -0.2) is 0 Å². The summed E-state index contributed by atoms with van der Waals surface area (Å²) in [6.07, 6.45) is 2.07. The minimum absolute atomic E-state index is 0.410. The summed E-state index contributed by atoms with van der Waals surface area (Å²) in [6.45, 7) is 5.07. The number of anilines is 1. The summed E-state index contributed by atoms with van der Waals surface area (Å²) < 4.78 is 0. The predicted octanol–water partition coefficient (Wildman–Crippen LogP) is 2.15. The third-order valence-corrected chi connectivity index (χ3v) is 3.45. The van der Waals surface area contributed by atoms with Gasteiger partial charge in [-0.1, -0.05) is 18.2 Å². The van der Waals surface area contributed by atoms with Crippen LogP contribution in [0.5, 0.6) is 0 Å². The van der Waals surface area contributed by atoms with Crippen LogP contribution in [0.15, 0.2) is 24.3 Å². The summed E-state index contributed by atoms with van der Waals surface area (Å²) in [7, 11) is 0. The molecular formula is C14H22N2O. The van der Waals surface area contributed by atoms with Crippen molar-refractivity contribution in [3.63, 3.8) is 0 Å². The molecule has 0 saturated carbocycles. The molecule has 2 rings (SSSR count). The van der Waals surface area contributed by atoms with Crippen LogP contribution in [0, 0.1) is 5.92 Å². The Kier molecular flexibility index (Phi) is 4.40. The fourth-order valence-electron chi connectivity index (χ4n) is 2.36. The molecule has 1 atom stereocenters. The Morgan fingerprint density at radius 3 is 2.76 bits per heavy atom. The zero-order valence-electron chi connectivity index (χ0n) is 10.4. The van der Waals surface area contributed by atoms with Crippen molar-refractivity contribution in [1.29, 1.82) is 0 Å². The van der Waals surface area contributed by atoms with Crippen LogP contribution in [0.25, 0.3) is 0 Å².